The van der Waals surface area contributed by atoms with Crippen molar-refractivity contribution in [2.45, 2.75) is 143 Å². The molecule has 0 spiro atoms. The van der Waals surface area contributed by atoms with E-state index in [1.54, 1.807) is 34.8 Å². The molecule has 0 bridgehead atoms. The standard InChI is InChI=1S/C34H54O4S2/c1-5-9-13-15-19-25(17-11-7-3)21-29-27(33(35)36)23-31(39-29)32-24-28(34(37)38)30(40-32)22-26(18-12-8-4)20-16-14-10-6-2/h23-26H,5-22H2,1-4H3,(H,35,36)(H,37,38). The smallest absolute Gasteiger partial charge is 0.336 e. The summed E-state index contributed by atoms with van der Waals surface area (Å²) in [6.45, 7) is 8.89. The summed E-state index contributed by atoms with van der Waals surface area (Å²) in [5, 5.41) is 20.1. The Kier molecular flexibility index (Phi) is 16.8. The number of unbranched alkanes of at least 4 members (excludes halogenated alkanes) is 8. The van der Waals surface area contributed by atoms with Crippen LogP contribution in [-0.4, -0.2) is 22.2 Å². The monoisotopic (exact) mass is 590 g/mol. The predicted molar refractivity (Wildman–Crippen MR) is 173 cm³/mol. The predicted octanol–water partition coefficient (Wildman–Crippen LogP) is 11.5. The van der Waals surface area contributed by atoms with Crippen LogP contribution in [0.5, 0.6) is 0 Å². The summed E-state index contributed by atoms with van der Waals surface area (Å²) in [7, 11) is 0. The normalized spacial score (nSPS) is 13.0. The Morgan fingerprint density at radius 3 is 1.25 bits per heavy atom. The van der Waals surface area contributed by atoms with Crippen molar-refractivity contribution < 1.29 is 19.8 Å². The van der Waals surface area contributed by atoms with E-state index in [0.717, 1.165) is 70.9 Å². The highest BCUT2D eigenvalue weighted by molar-refractivity contribution is 7.22. The minimum atomic E-state index is -0.875. The van der Waals surface area contributed by atoms with Crippen LogP contribution in [0.2, 0.25) is 0 Å². The molecule has 0 aromatic carbocycles. The Morgan fingerprint density at radius 2 is 0.925 bits per heavy atom. The van der Waals surface area contributed by atoms with Crippen molar-refractivity contribution in [2.75, 3.05) is 0 Å². The van der Waals surface area contributed by atoms with Crippen LogP contribution in [0.3, 0.4) is 0 Å². The number of carbonyl (C=O) groups is 2. The summed E-state index contributed by atoms with van der Waals surface area (Å²) in [5.74, 6) is -0.747. The van der Waals surface area contributed by atoms with Crippen molar-refractivity contribution >= 4 is 34.6 Å². The number of carboxylic acid groups (broad SMARTS) is 2. The van der Waals surface area contributed by atoms with Crippen molar-refractivity contribution in [2.24, 2.45) is 11.8 Å². The molecule has 0 aliphatic heterocycles. The molecule has 6 heteroatoms. The summed E-state index contributed by atoms with van der Waals surface area (Å²) < 4.78 is 0. The van der Waals surface area contributed by atoms with Crippen LogP contribution in [0.25, 0.3) is 9.75 Å². The first-order valence-electron chi connectivity index (χ1n) is 16.1. The number of thiophene rings is 2. The average Bonchev–Trinajstić information content (AvgIpc) is 3.55. The van der Waals surface area contributed by atoms with Crippen LogP contribution in [0.1, 0.15) is 161 Å². The van der Waals surface area contributed by atoms with Crippen molar-refractivity contribution in [1.29, 1.82) is 0 Å². The van der Waals surface area contributed by atoms with Gasteiger partial charge in [-0.2, -0.15) is 0 Å². The maximum Gasteiger partial charge on any atom is 0.336 e. The van der Waals surface area contributed by atoms with Gasteiger partial charge < -0.3 is 10.2 Å². The summed E-state index contributed by atoms with van der Waals surface area (Å²) in [5.41, 5.74) is 0.803. The summed E-state index contributed by atoms with van der Waals surface area (Å²) in [6, 6.07) is 3.60. The van der Waals surface area contributed by atoms with Crippen LogP contribution in [-0.2, 0) is 12.8 Å². The first kappa shape index (κ1) is 34.5. The molecule has 0 amide bonds. The van der Waals surface area contributed by atoms with Crippen molar-refractivity contribution in [3.05, 3.63) is 33.0 Å². The van der Waals surface area contributed by atoms with E-state index in [1.807, 2.05) is 0 Å². The van der Waals surface area contributed by atoms with Gasteiger partial charge in [-0.15, -0.1) is 22.7 Å². The van der Waals surface area contributed by atoms with Gasteiger partial charge in [0.15, 0.2) is 0 Å². The lowest BCUT2D eigenvalue weighted by Crippen LogP contribution is -2.07. The first-order valence-corrected chi connectivity index (χ1v) is 17.7. The number of aromatic carboxylic acids is 2. The molecule has 0 saturated carbocycles. The molecule has 4 nitrogen and oxygen atoms in total. The van der Waals surface area contributed by atoms with Gasteiger partial charge in [-0.1, -0.05) is 130 Å². The number of hydrogen-bond acceptors (Lipinski definition) is 4. The molecule has 0 saturated heterocycles. The molecular formula is C34H54O4S2. The highest BCUT2D eigenvalue weighted by Gasteiger charge is 2.24. The maximum absolute atomic E-state index is 12.3. The minimum Gasteiger partial charge on any atom is -0.478 e. The molecule has 40 heavy (non-hydrogen) atoms. The lowest BCUT2D eigenvalue weighted by molar-refractivity contribution is 0.0685. The summed E-state index contributed by atoms with van der Waals surface area (Å²) in [6.07, 6.45) is 20.7. The number of hydrogen-bond donors (Lipinski definition) is 2. The molecule has 2 heterocycles. The zero-order valence-electron chi connectivity index (χ0n) is 25.6. The largest absolute Gasteiger partial charge is 0.478 e. The van der Waals surface area contributed by atoms with Gasteiger partial charge in [0.1, 0.15) is 0 Å². The Balaban J connectivity index is 2.30. The summed E-state index contributed by atoms with van der Waals surface area (Å²) >= 11 is 3.14. The second kappa shape index (κ2) is 19.5. The highest BCUT2D eigenvalue weighted by Crippen LogP contribution is 2.41. The fraction of sp³-hybridized carbons (Fsp3) is 0.706. The fourth-order valence-corrected chi connectivity index (χ4v) is 8.30. The second-order valence-electron chi connectivity index (χ2n) is 11.6. The van der Waals surface area contributed by atoms with Crippen molar-refractivity contribution in [1.82, 2.24) is 0 Å². The van der Waals surface area contributed by atoms with Crippen molar-refractivity contribution in [3.8, 4) is 9.75 Å². The zero-order chi connectivity index (χ0) is 29.3. The molecule has 2 rings (SSSR count). The van der Waals surface area contributed by atoms with Gasteiger partial charge in [-0.3, -0.25) is 0 Å². The van der Waals surface area contributed by atoms with Crippen LogP contribution >= 0.6 is 22.7 Å². The quantitative estimate of drug-likeness (QED) is 0.126. The van der Waals surface area contributed by atoms with Gasteiger partial charge in [0.2, 0.25) is 0 Å². The van der Waals surface area contributed by atoms with E-state index < -0.39 is 11.9 Å². The van der Waals surface area contributed by atoms with E-state index in [0.29, 0.717) is 23.0 Å². The molecule has 2 atom stereocenters. The Hall–Kier alpha value is -1.66. The third-order valence-electron chi connectivity index (χ3n) is 8.13. The van der Waals surface area contributed by atoms with Crippen LogP contribution in [0.4, 0.5) is 0 Å². The number of carboxylic acids is 2. The van der Waals surface area contributed by atoms with E-state index in [9.17, 15) is 19.8 Å². The van der Waals surface area contributed by atoms with Crippen LogP contribution < -0.4 is 0 Å². The molecule has 0 radical (unpaired) electrons. The van der Waals surface area contributed by atoms with Gasteiger partial charge in [-0.05, 0) is 36.8 Å². The zero-order valence-corrected chi connectivity index (χ0v) is 27.2. The van der Waals surface area contributed by atoms with E-state index in [2.05, 4.69) is 27.7 Å². The molecule has 2 aromatic heterocycles. The van der Waals surface area contributed by atoms with Crippen LogP contribution in [0, 0.1) is 11.8 Å². The molecule has 0 fully saturated rings. The maximum atomic E-state index is 12.3. The van der Waals surface area contributed by atoms with Crippen LogP contribution in [0.15, 0.2) is 12.1 Å². The van der Waals surface area contributed by atoms with Gasteiger partial charge >= 0.3 is 11.9 Å². The van der Waals surface area contributed by atoms with E-state index in [1.165, 1.54) is 64.2 Å². The molecule has 2 unspecified atom stereocenters. The van der Waals surface area contributed by atoms with Gasteiger partial charge in [0.25, 0.3) is 0 Å². The molecule has 2 N–H and O–H groups in total. The Labute approximate surface area is 251 Å². The molecule has 0 aliphatic carbocycles. The lowest BCUT2D eigenvalue weighted by atomic mass is 9.91. The average molecular weight is 591 g/mol. The summed E-state index contributed by atoms with van der Waals surface area (Å²) in [4.78, 5) is 28.2. The van der Waals surface area contributed by atoms with E-state index in [-0.39, 0.29) is 0 Å². The number of rotatable bonds is 23. The first-order chi connectivity index (χ1) is 19.3. The van der Waals surface area contributed by atoms with E-state index >= 15 is 0 Å². The fourth-order valence-electron chi connectivity index (χ4n) is 5.69. The molecule has 2 aromatic rings. The molecule has 226 valence electrons. The van der Waals surface area contributed by atoms with Gasteiger partial charge in [0.05, 0.1) is 11.1 Å². The second-order valence-corrected chi connectivity index (χ2v) is 13.9. The third-order valence-corrected chi connectivity index (χ3v) is 10.6. The lowest BCUT2D eigenvalue weighted by Gasteiger charge is -2.16. The topological polar surface area (TPSA) is 74.6 Å². The third kappa shape index (κ3) is 11.7. The molecule has 0 aliphatic rings. The molecular weight excluding hydrogens is 537 g/mol. The van der Waals surface area contributed by atoms with Gasteiger partial charge in [-0.25, -0.2) is 9.59 Å². The Morgan fingerprint density at radius 1 is 0.575 bits per heavy atom. The Bertz CT molecular complexity index is 925. The minimum absolute atomic E-state index is 0.402. The van der Waals surface area contributed by atoms with Crippen molar-refractivity contribution in [3.63, 3.8) is 0 Å². The van der Waals surface area contributed by atoms with E-state index in [4.69, 9.17) is 0 Å². The SMILES string of the molecule is CCCCCCC(CCCC)Cc1sc(-c2cc(C(=O)O)c(CC(CCCC)CCCCCC)s2)cc1C(=O)O. The van der Waals surface area contributed by atoms with Gasteiger partial charge in [0, 0.05) is 19.5 Å². The highest BCUT2D eigenvalue weighted by atomic mass is 32.1.